The number of aryl methyl sites for hydroxylation is 1. The minimum Gasteiger partial charge on any atom is -0.481 e. The zero-order valence-corrected chi connectivity index (χ0v) is 8.69. The van der Waals surface area contributed by atoms with Gasteiger partial charge in [-0.25, -0.2) is 0 Å². The van der Waals surface area contributed by atoms with Crippen LogP contribution >= 0.6 is 0 Å². The molecule has 0 bridgehead atoms. The highest BCUT2D eigenvalue weighted by atomic mass is 16.4. The Bertz CT molecular complexity index is 352. The van der Waals surface area contributed by atoms with Crippen molar-refractivity contribution in [2.24, 2.45) is 0 Å². The Morgan fingerprint density at radius 1 is 1.13 bits per heavy atom. The molecule has 0 aliphatic heterocycles. The van der Waals surface area contributed by atoms with Gasteiger partial charge in [-0.1, -0.05) is 29.8 Å². The molecule has 0 aliphatic rings. The first-order valence-corrected chi connectivity index (χ1v) is 4.91. The SMILES string of the molecule is Cc1ccc(C(=O)CCCC(=O)O)cc1. The van der Waals surface area contributed by atoms with Gasteiger partial charge in [0, 0.05) is 18.4 Å². The highest BCUT2D eigenvalue weighted by Crippen LogP contribution is 2.08. The second kappa shape index (κ2) is 5.29. The van der Waals surface area contributed by atoms with E-state index in [0.717, 1.165) is 5.56 Å². The van der Waals surface area contributed by atoms with E-state index in [1.165, 1.54) is 0 Å². The number of aliphatic carboxylic acids is 1. The summed E-state index contributed by atoms with van der Waals surface area (Å²) in [6.07, 6.45) is 0.759. The van der Waals surface area contributed by atoms with E-state index in [1.54, 1.807) is 12.1 Å². The van der Waals surface area contributed by atoms with E-state index in [2.05, 4.69) is 0 Å². The van der Waals surface area contributed by atoms with Crippen LogP contribution in [0.5, 0.6) is 0 Å². The Kier molecular flexibility index (Phi) is 4.03. The molecule has 0 spiro atoms. The zero-order chi connectivity index (χ0) is 11.3. The van der Waals surface area contributed by atoms with Crippen LogP contribution in [0.4, 0.5) is 0 Å². The smallest absolute Gasteiger partial charge is 0.303 e. The van der Waals surface area contributed by atoms with Gasteiger partial charge in [0.1, 0.15) is 0 Å². The van der Waals surface area contributed by atoms with Crippen molar-refractivity contribution in [1.82, 2.24) is 0 Å². The fourth-order valence-electron chi connectivity index (χ4n) is 1.28. The van der Waals surface area contributed by atoms with Crippen LogP contribution in [0.15, 0.2) is 24.3 Å². The molecule has 0 aromatic heterocycles. The lowest BCUT2D eigenvalue weighted by atomic mass is 10.0. The van der Waals surface area contributed by atoms with Crippen molar-refractivity contribution >= 4 is 11.8 Å². The van der Waals surface area contributed by atoms with E-state index in [4.69, 9.17) is 5.11 Å². The molecule has 1 aromatic carbocycles. The molecule has 1 rings (SSSR count). The molecule has 15 heavy (non-hydrogen) atoms. The number of Topliss-reactive ketones (excluding diaryl/α,β-unsaturated/α-hetero) is 1. The number of carboxylic acid groups (broad SMARTS) is 1. The van der Waals surface area contributed by atoms with Crippen molar-refractivity contribution in [3.05, 3.63) is 35.4 Å². The Morgan fingerprint density at radius 3 is 2.27 bits per heavy atom. The first kappa shape index (κ1) is 11.4. The zero-order valence-electron chi connectivity index (χ0n) is 8.69. The van der Waals surface area contributed by atoms with Gasteiger partial charge in [0.05, 0.1) is 0 Å². The van der Waals surface area contributed by atoms with Crippen molar-refractivity contribution < 1.29 is 14.7 Å². The molecular formula is C12H14O3. The average molecular weight is 206 g/mol. The summed E-state index contributed by atoms with van der Waals surface area (Å²) in [6.45, 7) is 1.96. The van der Waals surface area contributed by atoms with E-state index in [0.29, 0.717) is 18.4 Å². The molecule has 1 N–H and O–H groups in total. The van der Waals surface area contributed by atoms with Crippen LogP contribution in [-0.2, 0) is 4.79 Å². The normalized spacial score (nSPS) is 9.93. The molecule has 80 valence electrons. The third kappa shape index (κ3) is 3.94. The summed E-state index contributed by atoms with van der Waals surface area (Å²) in [5, 5.41) is 8.42. The lowest BCUT2D eigenvalue weighted by Crippen LogP contribution is -2.01. The molecular weight excluding hydrogens is 192 g/mol. The number of rotatable bonds is 5. The molecule has 3 nitrogen and oxygen atoms in total. The van der Waals surface area contributed by atoms with Gasteiger partial charge in [0.2, 0.25) is 0 Å². The first-order chi connectivity index (χ1) is 7.09. The summed E-state index contributed by atoms with van der Waals surface area (Å²) in [7, 11) is 0. The molecule has 0 radical (unpaired) electrons. The maximum atomic E-state index is 11.5. The molecule has 0 unspecified atom stereocenters. The Hall–Kier alpha value is -1.64. The molecule has 0 fully saturated rings. The highest BCUT2D eigenvalue weighted by Gasteiger charge is 2.06. The fraction of sp³-hybridized carbons (Fsp3) is 0.333. The van der Waals surface area contributed by atoms with E-state index in [-0.39, 0.29) is 12.2 Å². The van der Waals surface area contributed by atoms with Crippen molar-refractivity contribution in [3.63, 3.8) is 0 Å². The lowest BCUT2D eigenvalue weighted by Gasteiger charge is -2.00. The van der Waals surface area contributed by atoms with Gasteiger partial charge in [-0.05, 0) is 13.3 Å². The largest absolute Gasteiger partial charge is 0.481 e. The van der Waals surface area contributed by atoms with E-state index >= 15 is 0 Å². The quantitative estimate of drug-likeness (QED) is 0.753. The van der Waals surface area contributed by atoms with Crippen LogP contribution in [0.2, 0.25) is 0 Å². The topological polar surface area (TPSA) is 54.4 Å². The second-order valence-corrected chi connectivity index (χ2v) is 3.54. The molecule has 0 saturated heterocycles. The van der Waals surface area contributed by atoms with E-state index < -0.39 is 5.97 Å². The fourth-order valence-corrected chi connectivity index (χ4v) is 1.28. The summed E-state index contributed by atoms with van der Waals surface area (Å²) in [6, 6.07) is 7.31. The third-order valence-corrected chi connectivity index (χ3v) is 2.17. The van der Waals surface area contributed by atoms with Crippen LogP contribution < -0.4 is 0 Å². The summed E-state index contributed by atoms with van der Waals surface area (Å²) in [4.78, 5) is 21.8. The summed E-state index contributed by atoms with van der Waals surface area (Å²) in [5.74, 6) is -0.844. The minimum atomic E-state index is -0.855. The standard InChI is InChI=1S/C12H14O3/c1-9-5-7-10(8-6-9)11(13)3-2-4-12(14)15/h5-8H,2-4H2,1H3,(H,14,15). The van der Waals surface area contributed by atoms with Crippen molar-refractivity contribution in [2.45, 2.75) is 26.2 Å². The predicted octanol–water partition coefficient (Wildman–Crippen LogP) is 2.43. The number of carbonyl (C=O) groups excluding carboxylic acids is 1. The van der Waals surface area contributed by atoms with Crippen LogP contribution in [-0.4, -0.2) is 16.9 Å². The van der Waals surface area contributed by atoms with Gasteiger partial charge in [-0.3, -0.25) is 9.59 Å². The number of carboxylic acids is 1. The van der Waals surface area contributed by atoms with Gasteiger partial charge < -0.3 is 5.11 Å². The van der Waals surface area contributed by atoms with E-state index in [9.17, 15) is 9.59 Å². The maximum absolute atomic E-state index is 11.5. The van der Waals surface area contributed by atoms with Gasteiger partial charge in [0.25, 0.3) is 0 Å². The number of benzene rings is 1. The van der Waals surface area contributed by atoms with Gasteiger partial charge in [-0.2, -0.15) is 0 Å². The van der Waals surface area contributed by atoms with Gasteiger partial charge in [-0.15, -0.1) is 0 Å². The number of hydrogen-bond donors (Lipinski definition) is 1. The molecule has 0 heterocycles. The second-order valence-electron chi connectivity index (χ2n) is 3.54. The van der Waals surface area contributed by atoms with Crippen molar-refractivity contribution in [3.8, 4) is 0 Å². The molecule has 0 saturated carbocycles. The van der Waals surface area contributed by atoms with Crippen LogP contribution in [0.25, 0.3) is 0 Å². The summed E-state index contributed by atoms with van der Waals surface area (Å²) < 4.78 is 0. The molecule has 0 atom stereocenters. The van der Waals surface area contributed by atoms with Crippen LogP contribution in [0.3, 0.4) is 0 Å². The Labute approximate surface area is 88.7 Å². The summed E-state index contributed by atoms with van der Waals surface area (Å²) >= 11 is 0. The number of carbonyl (C=O) groups is 2. The molecule has 1 aromatic rings. The average Bonchev–Trinajstić information content (AvgIpc) is 2.18. The van der Waals surface area contributed by atoms with Crippen molar-refractivity contribution in [1.29, 1.82) is 0 Å². The first-order valence-electron chi connectivity index (χ1n) is 4.91. The molecule has 3 heteroatoms. The maximum Gasteiger partial charge on any atom is 0.303 e. The highest BCUT2D eigenvalue weighted by molar-refractivity contribution is 5.96. The predicted molar refractivity (Wildman–Crippen MR) is 57.0 cm³/mol. The van der Waals surface area contributed by atoms with Crippen LogP contribution in [0, 0.1) is 6.92 Å². The number of ketones is 1. The third-order valence-electron chi connectivity index (χ3n) is 2.17. The Morgan fingerprint density at radius 2 is 1.73 bits per heavy atom. The van der Waals surface area contributed by atoms with Crippen molar-refractivity contribution in [2.75, 3.05) is 0 Å². The molecule has 0 amide bonds. The summed E-state index contributed by atoms with van der Waals surface area (Å²) in [5.41, 5.74) is 1.77. The van der Waals surface area contributed by atoms with Gasteiger partial charge >= 0.3 is 5.97 Å². The van der Waals surface area contributed by atoms with Crippen LogP contribution in [0.1, 0.15) is 35.2 Å². The number of hydrogen-bond acceptors (Lipinski definition) is 2. The minimum absolute atomic E-state index is 0.0104. The Balaban J connectivity index is 2.47. The monoisotopic (exact) mass is 206 g/mol. The van der Waals surface area contributed by atoms with E-state index in [1.807, 2.05) is 19.1 Å². The van der Waals surface area contributed by atoms with Gasteiger partial charge in [0.15, 0.2) is 5.78 Å². The lowest BCUT2D eigenvalue weighted by molar-refractivity contribution is -0.137. The molecule has 0 aliphatic carbocycles.